The van der Waals surface area contributed by atoms with Crippen molar-refractivity contribution in [2.24, 2.45) is 5.92 Å². The van der Waals surface area contributed by atoms with Gasteiger partial charge in [0.15, 0.2) is 0 Å². The van der Waals surface area contributed by atoms with Gasteiger partial charge in [-0.05, 0) is 37.3 Å². The SMILES string of the molecule is CCCc1cc(C(=O)O)cc(N(C)CC2CC2)n1. The van der Waals surface area contributed by atoms with E-state index in [0.717, 1.165) is 36.8 Å². The van der Waals surface area contributed by atoms with Crippen LogP contribution < -0.4 is 4.90 Å². The molecule has 0 unspecified atom stereocenters. The fourth-order valence-electron chi connectivity index (χ4n) is 2.06. The molecule has 4 heteroatoms. The maximum absolute atomic E-state index is 11.1. The summed E-state index contributed by atoms with van der Waals surface area (Å²) >= 11 is 0. The molecule has 0 atom stereocenters. The lowest BCUT2D eigenvalue weighted by molar-refractivity contribution is 0.0696. The summed E-state index contributed by atoms with van der Waals surface area (Å²) in [6, 6.07) is 3.35. The average molecular weight is 248 g/mol. The summed E-state index contributed by atoms with van der Waals surface area (Å²) in [5.74, 6) is 0.668. The summed E-state index contributed by atoms with van der Waals surface area (Å²) in [5, 5.41) is 9.13. The number of pyridine rings is 1. The van der Waals surface area contributed by atoms with Crippen LogP contribution in [0.15, 0.2) is 12.1 Å². The number of nitrogens with zero attached hydrogens (tertiary/aromatic N) is 2. The number of carbonyl (C=O) groups is 1. The summed E-state index contributed by atoms with van der Waals surface area (Å²) in [5.41, 5.74) is 1.21. The van der Waals surface area contributed by atoms with Crippen molar-refractivity contribution in [3.8, 4) is 0 Å². The Labute approximate surface area is 108 Å². The van der Waals surface area contributed by atoms with Crippen LogP contribution in [-0.2, 0) is 6.42 Å². The van der Waals surface area contributed by atoms with Crippen molar-refractivity contribution in [2.75, 3.05) is 18.5 Å². The van der Waals surface area contributed by atoms with Crippen LogP contribution >= 0.6 is 0 Å². The molecule has 1 N–H and O–H groups in total. The maximum atomic E-state index is 11.1. The van der Waals surface area contributed by atoms with E-state index in [2.05, 4.69) is 16.8 Å². The van der Waals surface area contributed by atoms with Crippen molar-refractivity contribution in [1.29, 1.82) is 0 Å². The quantitative estimate of drug-likeness (QED) is 0.840. The van der Waals surface area contributed by atoms with Gasteiger partial charge >= 0.3 is 5.97 Å². The van der Waals surface area contributed by atoms with Crippen molar-refractivity contribution in [3.63, 3.8) is 0 Å². The van der Waals surface area contributed by atoms with Crippen LogP contribution in [0.5, 0.6) is 0 Å². The second-order valence-electron chi connectivity index (χ2n) is 5.08. The molecule has 0 aliphatic heterocycles. The van der Waals surface area contributed by atoms with Gasteiger partial charge in [0.2, 0.25) is 0 Å². The van der Waals surface area contributed by atoms with Crippen LogP contribution in [0.4, 0.5) is 5.82 Å². The highest BCUT2D eigenvalue weighted by Crippen LogP contribution is 2.30. The topological polar surface area (TPSA) is 53.4 Å². The van der Waals surface area contributed by atoms with E-state index >= 15 is 0 Å². The molecule has 1 aliphatic carbocycles. The smallest absolute Gasteiger partial charge is 0.335 e. The highest BCUT2D eigenvalue weighted by Gasteiger charge is 2.23. The number of hydrogen-bond donors (Lipinski definition) is 1. The van der Waals surface area contributed by atoms with E-state index < -0.39 is 5.97 Å². The number of hydrogen-bond acceptors (Lipinski definition) is 3. The number of aromatic nitrogens is 1. The second-order valence-corrected chi connectivity index (χ2v) is 5.08. The Morgan fingerprint density at radius 3 is 2.78 bits per heavy atom. The highest BCUT2D eigenvalue weighted by molar-refractivity contribution is 5.88. The monoisotopic (exact) mass is 248 g/mol. The van der Waals surface area contributed by atoms with E-state index in [4.69, 9.17) is 5.11 Å². The third-order valence-corrected chi connectivity index (χ3v) is 3.24. The zero-order chi connectivity index (χ0) is 13.1. The molecule has 98 valence electrons. The predicted octanol–water partition coefficient (Wildman–Crippen LogP) is 2.58. The minimum atomic E-state index is -0.879. The third-order valence-electron chi connectivity index (χ3n) is 3.24. The molecular weight excluding hydrogens is 228 g/mol. The van der Waals surface area contributed by atoms with E-state index in [1.807, 2.05) is 7.05 Å². The summed E-state index contributed by atoms with van der Waals surface area (Å²) in [6.07, 6.45) is 4.36. The van der Waals surface area contributed by atoms with Gasteiger partial charge < -0.3 is 10.0 Å². The lowest BCUT2D eigenvalue weighted by atomic mass is 10.1. The first-order valence-corrected chi connectivity index (χ1v) is 6.55. The molecule has 1 aromatic heterocycles. The number of aromatic carboxylic acids is 1. The first-order valence-electron chi connectivity index (χ1n) is 6.55. The lowest BCUT2D eigenvalue weighted by Gasteiger charge is -2.19. The van der Waals surface area contributed by atoms with Gasteiger partial charge in [-0.15, -0.1) is 0 Å². The minimum absolute atomic E-state index is 0.339. The molecule has 0 radical (unpaired) electrons. The molecule has 0 bridgehead atoms. The van der Waals surface area contributed by atoms with Gasteiger partial charge in [-0.3, -0.25) is 0 Å². The molecular formula is C14H20N2O2. The van der Waals surface area contributed by atoms with Crippen LogP contribution in [0, 0.1) is 5.92 Å². The van der Waals surface area contributed by atoms with E-state index in [0.29, 0.717) is 5.56 Å². The first-order chi connectivity index (χ1) is 8.60. The maximum Gasteiger partial charge on any atom is 0.335 e. The Morgan fingerprint density at radius 1 is 1.50 bits per heavy atom. The lowest BCUT2D eigenvalue weighted by Crippen LogP contribution is -2.22. The van der Waals surface area contributed by atoms with Crippen LogP contribution in [-0.4, -0.2) is 29.7 Å². The first kappa shape index (κ1) is 12.9. The molecule has 1 saturated carbocycles. The van der Waals surface area contributed by atoms with E-state index in [1.54, 1.807) is 12.1 Å². The van der Waals surface area contributed by atoms with Crippen LogP contribution in [0.25, 0.3) is 0 Å². The summed E-state index contributed by atoms with van der Waals surface area (Å²) in [7, 11) is 1.99. The summed E-state index contributed by atoms with van der Waals surface area (Å²) in [4.78, 5) is 17.7. The van der Waals surface area contributed by atoms with Gasteiger partial charge in [0, 0.05) is 19.3 Å². The molecule has 0 aromatic carbocycles. The van der Waals surface area contributed by atoms with Crippen molar-refractivity contribution >= 4 is 11.8 Å². The van der Waals surface area contributed by atoms with Gasteiger partial charge in [0.25, 0.3) is 0 Å². The van der Waals surface area contributed by atoms with Crippen molar-refractivity contribution in [1.82, 2.24) is 4.98 Å². The fourth-order valence-corrected chi connectivity index (χ4v) is 2.06. The molecule has 1 aliphatic rings. The number of anilines is 1. The second kappa shape index (κ2) is 5.38. The van der Waals surface area contributed by atoms with Gasteiger partial charge in [0.05, 0.1) is 5.56 Å². The van der Waals surface area contributed by atoms with E-state index in [9.17, 15) is 4.79 Å². The summed E-state index contributed by atoms with van der Waals surface area (Å²) in [6.45, 7) is 3.05. The third kappa shape index (κ3) is 3.22. The summed E-state index contributed by atoms with van der Waals surface area (Å²) < 4.78 is 0. The van der Waals surface area contributed by atoms with Crippen molar-refractivity contribution in [3.05, 3.63) is 23.4 Å². The molecule has 18 heavy (non-hydrogen) atoms. The molecule has 1 aromatic rings. The van der Waals surface area contributed by atoms with Crippen LogP contribution in [0.2, 0.25) is 0 Å². The van der Waals surface area contributed by atoms with Gasteiger partial charge in [0.1, 0.15) is 5.82 Å². The number of carboxylic acids is 1. The molecule has 1 heterocycles. The Kier molecular flexibility index (Phi) is 3.84. The van der Waals surface area contributed by atoms with Crippen molar-refractivity contribution < 1.29 is 9.90 Å². The molecule has 1 fully saturated rings. The van der Waals surface area contributed by atoms with E-state index in [-0.39, 0.29) is 0 Å². The molecule has 0 spiro atoms. The van der Waals surface area contributed by atoms with E-state index in [1.165, 1.54) is 12.8 Å². The Bertz CT molecular complexity index is 441. The van der Waals surface area contributed by atoms with Crippen LogP contribution in [0.1, 0.15) is 42.2 Å². The number of carboxylic acid groups (broad SMARTS) is 1. The zero-order valence-electron chi connectivity index (χ0n) is 11.0. The number of rotatable bonds is 6. The Balaban J connectivity index is 2.23. The van der Waals surface area contributed by atoms with Crippen molar-refractivity contribution in [2.45, 2.75) is 32.6 Å². The molecule has 4 nitrogen and oxygen atoms in total. The standard InChI is InChI=1S/C14H20N2O2/c1-3-4-12-7-11(14(17)18)8-13(15-12)16(2)9-10-5-6-10/h7-8,10H,3-6,9H2,1-2H3,(H,17,18). The van der Waals surface area contributed by atoms with Gasteiger partial charge in [-0.2, -0.15) is 0 Å². The molecule has 0 saturated heterocycles. The van der Waals surface area contributed by atoms with Gasteiger partial charge in [-0.1, -0.05) is 13.3 Å². The predicted molar refractivity (Wildman–Crippen MR) is 71.2 cm³/mol. The van der Waals surface area contributed by atoms with Gasteiger partial charge in [-0.25, -0.2) is 9.78 Å². The largest absolute Gasteiger partial charge is 0.478 e. The highest BCUT2D eigenvalue weighted by atomic mass is 16.4. The number of aryl methyl sites for hydroxylation is 1. The Morgan fingerprint density at radius 2 is 2.22 bits per heavy atom. The normalized spacial score (nSPS) is 14.6. The molecule has 0 amide bonds. The zero-order valence-corrected chi connectivity index (χ0v) is 11.0. The average Bonchev–Trinajstić information content (AvgIpc) is 3.13. The fraction of sp³-hybridized carbons (Fsp3) is 0.571. The molecule has 2 rings (SSSR count). The van der Waals surface area contributed by atoms with Crippen LogP contribution in [0.3, 0.4) is 0 Å². The minimum Gasteiger partial charge on any atom is -0.478 e. The Hall–Kier alpha value is -1.58.